The normalized spacial score (nSPS) is 12.5. The Balaban J connectivity index is 1.78. The molecule has 34 heavy (non-hydrogen) atoms. The second kappa shape index (κ2) is 8.96. The van der Waals surface area contributed by atoms with Gasteiger partial charge in [-0.25, -0.2) is 14.0 Å². The van der Waals surface area contributed by atoms with Crippen LogP contribution in [-0.2, 0) is 6.54 Å². The van der Waals surface area contributed by atoms with Crippen LogP contribution in [0.5, 0.6) is 0 Å². The summed E-state index contributed by atoms with van der Waals surface area (Å²) in [6.07, 6.45) is 0. The van der Waals surface area contributed by atoms with Gasteiger partial charge in [-0.15, -0.1) is 10.2 Å². The van der Waals surface area contributed by atoms with Gasteiger partial charge in [0.25, 0.3) is 5.95 Å². The summed E-state index contributed by atoms with van der Waals surface area (Å²) in [5.74, 6) is 0.843. The quantitative estimate of drug-likeness (QED) is 0.348. The molecule has 0 saturated heterocycles. The van der Waals surface area contributed by atoms with Crippen LogP contribution in [0.25, 0.3) is 5.00 Å². The average molecular weight is 497 g/mol. The minimum absolute atomic E-state index is 0.286. The van der Waals surface area contributed by atoms with Crippen LogP contribution in [0.15, 0.2) is 53.6 Å². The van der Waals surface area contributed by atoms with Crippen molar-refractivity contribution in [3.8, 4) is 5.00 Å². The van der Waals surface area contributed by atoms with E-state index in [-0.39, 0.29) is 5.82 Å². The highest BCUT2D eigenvalue weighted by molar-refractivity contribution is 7.19. The Kier molecular flexibility index (Phi) is 5.84. The zero-order chi connectivity index (χ0) is 23.8. The van der Waals surface area contributed by atoms with Crippen molar-refractivity contribution in [3.05, 3.63) is 76.1 Å². The van der Waals surface area contributed by atoms with E-state index in [9.17, 15) is 4.39 Å². The Morgan fingerprint density at radius 2 is 1.68 bits per heavy atom. The van der Waals surface area contributed by atoms with Crippen LogP contribution >= 0.6 is 22.9 Å². The number of benzene rings is 2. The Hall–Kier alpha value is -3.63. The van der Waals surface area contributed by atoms with E-state index >= 15 is 0 Å². The molecule has 0 amide bonds. The van der Waals surface area contributed by atoms with Gasteiger partial charge in [-0.1, -0.05) is 47.2 Å². The topological polar surface area (TPSA) is 82.4 Å². The first kappa shape index (κ1) is 22.2. The number of nitrogens with zero attached hydrogens (tertiary/aromatic N) is 5. The van der Waals surface area contributed by atoms with Crippen LogP contribution in [0, 0.1) is 5.82 Å². The number of nitrogens with one attached hydrogen (secondary N) is 3. The van der Waals surface area contributed by atoms with E-state index < -0.39 is 0 Å². The van der Waals surface area contributed by atoms with Crippen molar-refractivity contribution in [2.45, 2.75) is 6.54 Å². The number of hydrogen-bond acceptors (Lipinski definition) is 8. The highest BCUT2D eigenvalue weighted by atomic mass is 35.5. The third-order valence-electron chi connectivity index (χ3n) is 5.49. The summed E-state index contributed by atoms with van der Waals surface area (Å²) in [4.78, 5) is 0. The molecule has 2 aromatic heterocycles. The summed E-state index contributed by atoms with van der Waals surface area (Å²) in [5.41, 5.74) is 4.37. The van der Waals surface area contributed by atoms with E-state index in [1.807, 2.05) is 42.9 Å². The van der Waals surface area contributed by atoms with Gasteiger partial charge in [-0.3, -0.25) is 0 Å². The fraction of sp³-hybridized carbons (Fsp3) is 0.174. The lowest BCUT2D eigenvalue weighted by molar-refractivity contribution is 0.626. The van der Waals surface area contributed by atoms with Crippen LogP contribution in [0.4, 0.5) is 27.0 Å². The molecule has 0 atom stereocenters. The van der Waals surface area contributed by atoms with Gasteiger partial charge in [0.2, 0.25) is 5.95 Å². The Morgan fingerprint density at radius 1 is 0.941 bits per heavy atom. The predicted octanol–water partition coefficient (Wildman–Crippen LogP) is 5.02. The molecule has 3 heterocycles. The average Bonchev–Trinajstić information content (AvgIpc) is 3.41. The van der Waals surface area contributed by atoms with Crippen molar-refractivity contribution in [3.63, 3.8) is 0 Å². The molecule has 5 rings (SSSR count). The number of hydrogen-bond donors (Lipinski definition) is 3. The van der Waals surface area contributed by atoms with Gasteiger partial charge in [0.15, 0.2) is 0 Å². The zero-order valence-corrected chi connectivity index (χ0v) is 20.3. The number of thiophene rings is 1. The minimum atomic E-state index is -0.286. The molecular weight excluding hydrogens is 475 g/mol. The van der Waals surface area contributed by atoms with Crippen LogP contribution in [0.1, 0.15) is 16.7 Å². The van der Waals surface area contributed by atoms with Gasteiger partial charge in [-0.05, 0) is 29.8 Å². The molecule has 2 aromatic carbocycles. The highest BCUT2D eigenvalue weighted by Gasteiger charge is 2.32. The summed E-state index contributed by atoms with van der Waals surface area (Å²) in [6.45, 7) is 0.377. The molecule has 0 aliphatic carbocycles. The first-order valence-electron chi connectivity index (χ1n) is 10.6. The lowest BCUT2D eigenvalue weighted by atomic mass is 10.0. The monoisotopic (exact) mass is 496 g/mol. The molecule has 174 valence electrons. The number of rotatable bonds is 6. The van der Waals surface area contributed by atoms with Crippen molar-refractivity contribution in [1.29, 1.82) is 0 Å². The van der Waals surface area contributed by atoms with Crippen LogP contribution < -0.4 is 21.0 Å². The summed E-state index contributed by atoms with van der Waals surface area (Å²) < 4.78 is 15.5. The Bertz CT molecular complexity index is 1360. The number of fused-ring (bicyclic) bond motifs is 3. The van der Waals surface area contributed by atoms with Crippen molar-refractivity contribution >= 4 is 51.2 Å². The van der Waals surface area contributed by atoms with E-state index in [1.165, 1.54) is 12.1 Å². The molecular formula is C23H22ClFN8S. The molecule has 4 aromatic rings. The lowest BCUT2D eigenvalue weighted by Crippen LogP contribution is -2.20. The number of hydrazone groups is 1. The Labute approximate surface area is 205 Å². The predicted molar refractivity (Wildman–Crippen MR) is 138 cm³/mol. The van der Waals surface area contributed by atoms with Gasteiger partial charge in [0, 0.05) is 31.7 Å². The first-order valence-corrected chi connectivity index (χ1v) is 11.8. The first-order chi connectivity index (χ1) is 16.5. The third kappa shape index (κ3) is 3.74. The van der Waals surface area contributed by atoms with E-state index in [4.69, 9.17) is 16.7 Å². The van der Waals surface area contributed by atoms with Crippen molar-refractivity contribution < 1.29 is 4.39 Å². The smallest absolute Gasteiger partial charge is 0.254 e. The van der Waals surface area contributed by atoms with Crippen molar-refractivity contribution in [1.82, 2.24) is 14.8 Å². The third-order valence-corrected chi connectivity index (χ3v) is 6.94. The molecule has 0 fully saturated rings. The highest BCUT2D eigenvalue weighted by Crippen LogP contribution is 2.45. The van der Waals surface area contributed by atoms with Crippen molar-refractivity contribution in [2.24, 2.45) is 5.10 Å². The van der Waals surface area contributed by atoms with Crippen LogP contribution in [0.3, 0.4) is 0 Å². The largest absolute Gasteiger partial charge is 0.385 e. The van der Waals surface area contributed by atoms with Crippen molar-refractivity contribution in [2.75, 3.05) is 42.1 Å². The second-order valence-electron chi connectivity index (χ2n) is 7.53. The molecule has 0 spiro atoms. The molecule has 1 aliphatic rings. The molecule has 0 unspecified atom stereocenters. The van der Waals surface area contributed by atoms with Gasteiger partial charge >= 0.3 is 0 Å². The molecule has 3 N–H and O–H groups in total. The number of aromatic nitrogens is 3. The minimum Gasteiger partial charge on any atom is -0.385 e. The van der Waals surface area contributed by atoms with Crippen LogP contribution in [0.2, 0.25) is 5.02 Å². The second-order valence-corrected chi connectivity index (χ2v) is 8.97. The summed E-state index contributed by atoms with van der Waals surface area (Å²) in [6, 6.07) is 13.9. The standard InChI is InChI=1S/C23H22ClFN8S/c1-26-19-17-18(14-6-8-15(24)9-7-14)31-32(12-13-4-10-16(25)11-5-13)23-30-29-22(28-3)33(23)21(17)34-20(19)27-2/h4-11,26-27H,12H2,1-3H3,(H,28,29). The summed E-state index contributed by atoms with van der Waals surface area (Å²) >= 11 is 7.75. The molecule has 1 aliphatic heterocycles. The molecule has 0 radical (unpaired) electrons. The number of anilines is 4. The van der Waals surface area contributed by atoms with E-state index in [2.05, 4.69) is 26.1 Å². The maximum absolute atomic E-state index is 13.5. The van der Waals surface area contributed by atoms with E-state index in [0.29, 0.717) is 23.5 Å². The Morgan fingerprint density at radius 3 is 2.32 bits per heavy atom. The van der Waals surface area contributed by atoms with E-state index in [0.717, 1.165) is 38.1 Å². The lowest BCUT2D eigenvalue weighted by Gasteiger charge is -2.18. The zero-order valence-electron chi connectivity index (χ0n) is 18.7. The molecule has 0 saturated carbocycles. The van der Waals surface area contributed by atoms with Crippen LogP contribution in [-0.4, -0.2) is 41.6 Å². The summed E-state index contributed by atoms with van der Waals surface area (Å²) in [5, 5.41) is 27.9. The van der Waals surface area contributed by atoms with Gasteiger partial charge in [0.05, 0.1) is 17.8 Å². The van der Waals surface area contributed by atoms with E-state index in [1.54, 1.807) is 35.5 Å². The van der Waals surface area contributed by atoms with Gasteiger partial charge in [-0.2, -0.15) is 5.10 Å². The number of halogens is 2. The fourth-order valence-electron chi connectivity index (χ4n) is 3.90. The molecule has 0 bridgehead atoms. The summed E-state index contributed by atoms with van der Waals surface area (Å²) in [7, 11) is 5.58. The van der Waals surface area contributed by atoms with Gasteiger partial charge < -0.3 is 16.0 Å². The molecule has 8 nitrogen and oxygen atoms in total. The maximum Gasteiger partial charge on any atom is 0.254 e. The maximum atomic E-state index is 13.5. The SMILES string of the molecule is CNc1sc2c(c1NC)C(c1ccc(Cl)cc1)=NN(Cc1ccc(F)cc1)c1nnc(NC)n1-2. The molecule has 11 heteroatoms. The fourth-order valence-corrected chi connectivity index (χ4v) is 5.18. The van der Waals surface area contributed by atoms with Gasteiger partial charge in [0.1, 0.15) is 21.5 Å².